The number of carbonyl (C=O) groups excluding carboxylic acids is 1. The minimum absolute atomic E-state index is 0.143. The molecule has 0 aliphatic carbocycles. The predicted molar refractivity (Wildman–Crippen MR) is 125 cm³/mol. The molecule has 1 fully saturated rings. The number of nitrogens with one attached hydrogen (secondary N) is 1. The summed E-state index contributed by atoms with van der Waals surface area (Å²) in [5, 5.41) is 24.0. The van der Waals surface area contributed by atoms with Gasteiger partial charge in [0.15, 0.2) is 17.7 Å². The van der Waals surface area contributed by atoms with Gasteiger partial charge < -0.3 is 29.9 Å². The Morgan fingerprint density at radius 1 is 1.19 bits per heavy atom. The molecule has 0 saturated carbocycles. The van der Waals surface area contributed by atoms with Gasteiger partial charge in [-0.25, -0.2) is 19.5 Å². The number of aromatic nitrogens is 4. The van der Waals surface area contributed by atoms with Crippen LogP contribution in [-0.4, -0.2) is 73.3 Å². The maximum atomic E-state index is 13.7. The van der Waals surface area contributed by atoms with Gasteiger partial charge in [-0.3, -0.25) is 13.9 Å². The molecule has 14 nitrogen and oxygen atoms in total. The highest BCUT2D eigenvalue weighted by Crippen LogP contribution is 2.48. The second-order valence-electron chi connectivity index (χ2n) is 8.14. The van der Waals surface area contributed by atoms with E-state index in [1.807, 2.05) is 0 Å². The van der Waals surface area contributed by atoms with Gasteiger partial charge in [0.2, 0.25) is 0 Å². The van der Waals surface area contributed by atoms with Crippen LogP contribution in [0.5, 0.6) is 5.75 Å². The fourth-order valence-corrected chi connectivity index (χ4v) is 5.50. The highest BCUT2D eigenvalue weighted by atomic mass is 31.2. The molecule has 0 amide bonds. The molecule has 7 atom stereocenters. The number of nitrogen functional groups attached to an aromatic ring is 1. The molecule has 15 heteroatoms. The molecule has 0 bridgehead atoms. The van der Waals surface area contributed by atoms with Gasteiger partial charge in [-0.05, 0) is 26.0 Å². The molecule has 1 saturated heterocycles. The monoisotopic (exact) mass is 522 g/mol. The van der Waals surface area contributed by atoms with E-state index in [4.69, 9.17) is 19.5 Å². The number of hydrogen-bond acceptors (Lipinski definition) is 12. The third-order valence-corrected chi connectivity index (χ3v) is 7.34. The average molecular weight is 522 g/mol. The molecule has 1 aliphatic heterocycles. The lowest BCUT2D eigenvalue weighted by Crippen LogP contribution is -2.41. The number of anilines is 1. The largest absolute Gasteiger partial charge is 0.468 e. The summed E-state index contributed by atoms with van der Waals surface area (Å²) in [5.41, 5.74) is 6.42. The summed E-state index contributed by atoms with van der Waals surface area (Å²) in [7, 11) is -3.03. The maximum absolute atomic E-state index is 13.7. The van der Waals surface area contributed by atoms with Gasteiger partial charge in [0.1, 0.15) is 41.9 Å². The van der Waals surface area contributed by atoms with E-state index in [1.165, 1.54) is 38.2 Å². The van der Waals surface area contributed by atoms with E-state index >= 15 is 0 Å². The predicted octanol–water partition coefficient (Wildman–Crippen LogP) is 0.771. The lowest BCUT2D eigenvalue weighted by molar-refractivity contribution is -0.142. The number of hydrogen-bond donors (Lipinski definition) is 4. The third-order valence-electron chi connectivity index (χ3n) is 5.58. The molecule has 1 aromatic carbocycles. The maximum Gasteiger partial charge on any atom is 0.459 e. The number of benzene rings is 1. The van der Waals surface area contributed by atoms with Crippen molar-refractivity contribution in [3.05, 3.63) is 43.0 Å². The molecule has 36 heavy (non-hydrogen) atoms. The summed E-state index contributed by atoms with van der Waals surface area (Å²) in [6, 6.07) is 7.15. The first-order chi connectivity index (χ1) is 17.1. The van der Waals surface area contributed by atoms with Crippen LogP contribution in [0, 0.1) is 0 Å². The van der Waals surface area contributed by atoms with E-state index in [0.29, 0.717) is 11.2 Å². The molecule has 4 rings (SSSR count). The summed E-state index contributed by atoms with van der Waals surface area (Å²) in [5.74, 6) is -0.334. The lowest BCUT2D eigenvalue weighted by atomic mass is 10.1. The van der Waals surface area contributed by atoms with Crippen molar-refractivity contribution in [2.24, 2.45) is 0 Å². The number of carbonyl (C=O) groups is 1. The van der Waals surface area contributed by atoms with Gasteiger partial charge in [0.25, 0.3) is 0 Å². The zero-order valence-corrected chi connectivity index (χ0v) is 20.6. The standard InChI is InChI=1S/C21H27N6O8P/c1-11(21(30)32-3)26-36(31,35-13-7-5-4-6-8-13)34-12(2)17-15(28)16(29)20(33-17)27-10-25-14-18(22)23-9-24-19(14)27/h4-12,15-17,20,28-29H,1-3H3,(H,26,31)(H2,22,23,24). The van der Waals surface area contributed by atoms with Gasteiger partial charge in [-0.1, -0.05) is 18.2 Å². The molecule has 1 aliphatic rings. The Balaban J connectivity index is 1.56. The number of ether oxygens (including phenoxy) is 2. The number of nitrogens with zero attached hydrogens (tertiary/aromatic N) is 4. The van der Waals surface area contributed by atoms with Gasteiger partial charge in [-0.15, -0.1) is 0 Å². The molecule has 3 heterocycles. The van der Waals surface area contributed by atoms with Crippen LogP contribution in [0.25, 0.3) is 11.2 Å². The minimum atomic E-state index is -4.22. The van der Waals surface area contributed by atoms with E-state index in [1.54, 1.807) is 30.3 Å². The zero-order valence-electron chi connectivity index (χ0n) is 19.7. The summed E-state index contributed by atoms with van der Waals surface area (Å²) in [6.07, 6.45) is -3.59. The summed E-state index contributed by atoms with van der Waals surface area (Å²) in [4.78, 5) is 24.1. The van der Waals surface area contributed by atoms with Crippen molar-refractivity contribution in [3.8, 4) is 5.75 Å². The van der Waals surface area contributed by atoms with Crippen LogP contribution < -0.4 is 15.3 Å². The first-order valence-corrected chi connectivity index (χ1v) is 12.5. The zero-order chi connectivity index (χ0) is 26.0. The van der Waals surface area contributed by atoms with Crippen LogP contribution in [0.2, 0.25) is 0 Å². The fraction of sp³-hybridized carbons (Fsp3) is 0.429. The van der Waals surface area contributed by atoms with Gasteiger partial charge in [-0.2, -0.15) is 5.09 Å². The minimum Gasteiger partial charge on any atom is -0.468 e. The highest BCUT2D eigenvalue weighted by Gasteiger charge is 2.49. The van der Waals surface area contributed by atoms with Crippen molar-refractivity contribution in [2.75, 3.05) is 12.8 Å². The van der Waals surface area contributed by atoms with Crippen LogP contribution in [-0.2, 0) is 23.4 Å². The Hall–Kier alpha value is -3.13. The number of aliphatic hydroxyl groups excluding tert-OH is 2. The summed E-state index contributed by atoms with van der Waals surface area (Å²) >= 11 is 0. The first-order valence-electron chi connectivity index (χ1n) is 11.0. The second-order valence-corrected chi connectivity index (χ2v) is 9.79. The van der Waals surface area contributed by atoms with Crippen molar-refractivity contribution >= 4 is 30.7 Å². The number of para-hydroxylation sites is 1. The molecule has 2 aromatic heterocycles. The van der Waals surface area contributed by atoms with Crippen LogP contribution in [0.15, 0.2) is 43.0 Å². The normalized spacial score (nSPS) is 25.2. The van der Waals surface area contributed by atoms with Crippen LogP contribution in [0.4, 0.5) is 5.82 Å². The molecular weight excluding hydrogens is 495 g/mol. The highest BCUT2D eigenvalue weighted by molar-refractivity contribution is 7.52. The number of nitrogens with two attached hydrogens (primary N) is 1. The molecule has 0 radical (unpaired) electrons. The van der Waals surface area contributed by atoms with E-state index in [-0.39, 0.29) is 11.6 Å². The van der Waals surface area contributed by atoms with Crippen molar-refractivity contribution in [1.82, 2.24) is 24.6 Å². The molecule has 5 N–H and O–H groups in total. The topological polar surface area (TPSA) is 193 Å². The Kier molecular flexibility index (Phi) is 7.54. The Bertz CT molecular complexity index is 1260. The van der Waals surface area contributed by atoms with Crippen LogP contribution in [0.3, 0.4) is 0 Å². The van der Waals surface area contributed by atoms with Crippen molar-refractivity contribution in [3.63, 3.8) is 0 Å². The third kappa shape index (κ3) is 5.19. The molecular formula is C21H27N6O8P. The van der Waals surface area contributed by atoms with Crippen LogP contribution >= 0.6 is 7.75 Å². The van der Waals surface area contributed by atoms with Gasteiger partial charge in [0.05, 0.1) is 19.5 Å². The Morgan fingerprint density at radius 2 is 1.92 bits per heavy atom. The lowest BCUT2D eigenvalue weighted by Gasteiger charge is -2.28. The molecule has 3 aromatic rings. The number of fused-ring (bicyclic) bond motifs is 1. The van der Waals surface area contributed by atoms with Gasteiger partial charge in [0, 0.05) is 0 Å². The second kappa shape index (κ2) is 10.5. The molecule has 0 spiro atoms. The van der Waals surface area contributed by atoms with Crippen molar-refractivity contribution in [2.45, 2.75) is 50.5 Å². The van der Waals surface area contributed by atoms with E-state index in [9.17, 15) is 19.6 Å². The van der Waals surface area contributed by atoms with E-state index in [0.717, 1.165) is 0 Å². The smallest absolute Gasteiger partial charge is 0.459 e. The van der Waals surface area contributed by atoms with Crippen molar-refractivity contribution in [1.29, 1.82) is 0 Å². The summed E-state index contributed by atoms with van der Waals surface area (Å²) < 4.78 is 37.0. The van der Waals surface area contributed by atoms with Crippen molar-refractivity contribution < 1.29 is 38.1 Å². The number of imidazole rings is 1. The van der Waals surface area contributed by atoms with E-state index < -0.39 is 50.4 Å². The Morgan fingerprint density at radius 3 is 2.61 bits per heavy atom. The van der Waals surface area contributed by atoms with Gasteiger partial charge >= 0.3 is 13.7 Å². The fourth-order valence-electron chi connectivity index (χ4n) is 3.80. The number of aliphatic hydroxyl groups is 2. The molecule has 194 valence electrons. The average Bonchev–Trinajstić information content (AvgIpc) is 3.40. The Labute approximate surface area is 206 Å². The van der Waals surface area contributed by atoms with Crippen LogP contribution in [0.1, 0.15) is 20.1 Å². The first kappa shape index (κ1) is 25.9. The number of methoxy groups -OCH3 is 1. The number of rotatable bonds is 9. The van der Waals surface area contributed by atoms with E-state index in [2.05, 4.69) is 24.8 Å². The summed E-state index contributed by atoms with van der Waals surface area (Å²) in [6.45, 7) is 2.92. The quantitative estimate of drug-likeness (QED) is 0.228. The molecule has 7 unspecified atom stereocenters. The SMILES string of the molecule is COC(=O)C(C)NP(=O)(Oc1ccccc1)OC(C)C1OC(n2cnc3c(N)ncnc32)C(O)C1O. The number of esters is 1.